The van der Waals surface area contributed by atoms with E-state index in [2.05, 4.69) is 26.6 Å². The third-order valence-electron chi connectivity index (χ3n) is 3.22. The zero-order chi connectivity index (χ0) is 14.7. The monoisotopic (exact) mass is 343 g/mol. The maximum absolute atomic E-state index is 13.5. The van der Waals surface area contributed by atoms with Gasteiger partial charge in [0.05, 0.1) is 4.47 Å². The third kappa shape index (κ3) is 2.99. The molecule has 108 valence electrons. The normalized spacial score (nSPS) is 18.8. The number of nitrogens with one attached hydrogen (secondary N) is 2. The Morgan fingerprint density at radius 1 is 1.50 bits per heavy atom. The summed E-state index contributed by atoms with van der Waals surface area (Å²) in [4.78, 5) is 25.7. The number of hydrogen-bond donors (Lipinski definition) is 2. The number of hydrogen-bond acceptors (Lipinski definition) is 3. The third-order valence-corrected chi connectivity index (χ3v) is 3.86. The van der Waals surface area contributed by atoms with Crippen LogP contribution in [0, 0.1) is 5.82 Å². The fourth-order valence-corrected chi connectivity index (χ4v) is 2.39. The van der Waals surface area contributed by atoms with Crippen LogP contribution in [0.3, 0.4) is 0 Å². The van der Waals surface area contributed by atoms with Gasteiger partial charge in [0.25, 0.3) is 5.91 Å². The number of carbonyl (C=O) groups is 2. The summed E-state index contributed by atoms with van der Waals surface area (Å²) in [5.74, 6) is -1.07. The van der Waals surface area contributed by atoms with E-state index in [0.717, 1.165) is 0 Å². The van der Waals surface area contributed by atoms with Crippen LogP contribution in [0.5, 0.6) is 0 Å². The van der Waals surface area contributed by atoms with E-state index in [1.54, 1.807) is 6.07 Å². The van der Waals surface area contributed by atoms with Gasteiger partial charge in [-0.1, -0.05) is 0 Å². The van der Waals surface area contributed by atoms with Crippen molar-refractivity contribution < 1.29 is 14.0 Å². The molecule has 1 heterocycles. The van der Waals surface area contributed by atoms with E-state index in [-0.39, 0.29) is 17.4 Å². The molecule has 1 saturated heterocycles. The van der Waals surface area contributed by atoms with Gasteiger partial charge in [-0.3, -0.25) is 9.59 Å². The highest BCUT2D eigenvalue weighted by atomic mass is 79.9. The standard InChI is InChI=1S/C13H15BrFN3O2/c1-16-12(19)11-7-17-4-5-18(11)13(20)8-2-3-9(14)10(15)6-8/h2-3,6,11,17H,4-5,7H2,1H3,(H,16,19). The van der Waals surface area contributed by atoms with Crippen molar-refractivity contribution in [3.05, 3.63) is 34.1 Å². The number of nitrogens with zero attached hydrogens (tertiary/aromatic N) is 1. The fourth-order valence-electron chi connectivity index (χ4n) is 2.14. The van der Waals surface area contributed by atoms with E-state index in [1.807, 2.05) is 0 Å². The molecule has 1 aromatic rings. The topological polar surface area (TPSA) is 61.4 Å². The molecule has 1 atom stereocenters. The lowest BCUT2D eigenvalue weighted by Crippen LogP contribution is -2.59. The fraction of sp³-hybridized carbons (Fsp3) is 0.385. The number of halogens is 2. The van der Waals surface area contributed by atoms with Gasteiger partial charge in [-0.25, -0.2) is 4.39 Å². The first-order chi connectivity index (χ1) is 9.54. The van der Waals surface area contributed by atoms with Gasteiger partial charge in [0.1, 0.15) is 11.9 Å². The Morgan fingerprint density at radius 2 is 2.25 bits per heavy atom. The van der Waals surface area contributed by atoms with Gasteiger partial charge in [-0.15, -0.1) is 0 Å². The van der Waals surface area contributed by atoms with Crippen LogP contribution in [-0.4, -0.2) is 49.4 Å². The first-order valence-electron chi connectivity index (χ1n) is 6.23. The first kappa shape index (κ1) is 14.9. The van der Waals surface area contributed by atoms with E-state index in [1.165, 1.54) is 24.1 Å². The summed E-state index contributed by atoms with van der Waals surface area (Å²) < 4.78 is 13.8. The largest absolute Gasteiger partial charge is 0.357 e. The highest BCUT2D eigenvalue weighted by molar-refractivity contribution is 9.10. The van der Waals surface area contributed by atoms with Crippen LogP contribution in [0.4, 0.5) is 4.39 Å². The van der Waals surface area contributed by atoms with Crippen molar-refractivity contribution in [1.29, 1.82) is 0 Å². The van der Waals surface area contributed by atoms with Crippen molar-refractivity contribution in [2.24, 2.45) is 0 Å². The lowest BCUT2D eigenvalue weighted by molar-refractivity contribution is -0.125. The number of rotatable bonds is 2. The molecule has 7 heteroatoms. The maximum Gasteiger partial charge on any atom is 0.254 e. The number of carbonyl (C=O) groups excluding carboxylic acids is 2. The van der Waals surface area contributed by atoms with E-state index < -0.39 is 11.9 Å². The Hall–Kier alpha value is -1.47. The molecule has 0 radical (unpaired) electrons. The molecule has 1 aliphatic heterocycles. The van der Waals surface area contributed by atoms with Crippen molar-refractivity contribution in [2.75, 3.05) is 26.7 Å². The highest BCUT2D eigenvalue weighted by Gasteiger charge is 2.32. The van der Waals surface area contributed by atoms with E-state index >= 15 is 0 Å². The molecule has 0 aliphatic carbocycles. The Balaban J connectivity index is 2.25. The van der Waals surface area contributed by atoms with Gasteiger partial charge >= 0.3 is 0 Å². The molecular formula is C13H15BrFN3O2. The van der Waals surface area contributed by atoms with Crippen molar-refractivity contribution in [3.63, 3.8) is 0 Å². The van der Waals surface area contributed by atoms with Crippen LogP contribution in [0.1, 0.15) is 10.4 Å². The minimum atomic E-state index is -0.576. The molecule has 1 fully saturated rings. The second-order valence-electron chi connectivity index (χ2n) is 4.46. The molecule has 0 bridgehead atoms. The van der Waals surface area contributed by atoms with Gasteiger partial charge in [-0.05, 0) is 34.1 Å². The molecule has 2 amide bonds. The molecule has 1 aromatic carbocycles. The maximum atomic E-state index is 13.5. The van der Waals surface area contributed by atoms with Crippen LogP contribution >= 0.6 is 15.9 Å². The summed E-state index contributed by atoms with van der Waals surface area (Å²) in [5.41, 5.74) is 0.238. The Labute approximate surface area is 124 Å². The van der Waals surface area contributed by atoms with E-state index in [9.17, 15) is 14.0 Å². The van der Waals surface area contributed by atoms with Gasteiger partial charge in [0.15, 0.2) is 0 Å². The second-order valence-corrected chi connectivity index (χ2v) is 5.32. The van der Waals surface area contributed by atoms with Gasteiger partial charge in [0, 0.05) is 32.2 Å². The molecule has 0 saturated carbocycles. The van der Waals surface area contributed by atoms with Gasteiger partial charge in [-0.2, -0.15) is 0 Å². The number of likely N-dealkylation sites (N-methyl/N-ethyl adjacent to an activating group) is 1. The van der Waals surface area contributed by atoms with Crippen LogP contribution in [0.15, 0.2) is 22.7 Å². The average molecular weight is 344 g/mol. The quantitative estimate of drug-likeness (QED) is 0.832. The summed E-state index contributed by atoms with van der Waals surface area (Å²) in [6, 6.07) is 3.63. The Bertz CT molecular complexity index is 538. The molecular weight excluding hydrogens is 329 g/mol. The minimum Gasteiger partial charge on any atom is -0.357 e. The average Bonchev–Trinajstić information content (AvgIpc) is 2.48. The summed E-state index contributed by atoms with van der Waals surface area (Å²) in [6.45, 7) is 1.41. The SMILES string of the molecule is CNC(=O)C1CNCCN1C(=O)c1ccc(Br)c(F)c1. The molecule has 2 N–H and O–H groups in total. The smallest absolute Gasteiger partial charge is 0.254 e. The zero-order valence-corrected chi connectivity index (χ0v) is 12.5. The van der Waals surface area contributed by atoms with Crippen molar-refractivity contribution in [2.45, 2.75) is 6.04 Å². The number of piperazine rings is 1. The van der Waals surface area contributed by atoms with Crippen molar-refractivity contribution >= 4 is 27.7 Å². The molecule has 2 rings (SSSR count). The molecule has 0 spiro atoms. The predicted molar refractivity (Wildman–Crippen MR) is 75.9 cm³/mol. The summed E-state index contributed by atoms with van der Waals surface area (Å²) in [5, 5.41) is 5.61. The van der Waals surface area contributed by atoms with Gasteiger partial charge in [0.2, 0.25) is 5.91 Å². The molecule has 1 unspecified atom stereocenters. The molecule has 1 aliphatic rings. The molecule has 20 heavy (non-hydrogen) atoms. The Kier molecular flexibility index (Phi) is 4.72. The Morgan fingerprint density at radius 3 is 2.90 bits per heavy atom. The van der Waals surface area contributed by atoms with E-state index in [4.69, 9.17) is 0 Å². The van der Waals surface area contributed by atoms with Crippen LogP contribution < -0.4 is 10.6 Å². The first-order valence-corrected chi connectivity index (χ1v) is 7.02. The summed E-state index contributed by atoms with van der Waals surface area (Å²) in [6.07, 6.45) is 0. The number of amides is 2. The predicted octanol–water partition coefficient (Wildman–Crippen LogP) is 0.748. The summed E-state index contributed by atoms with van der Waals surface area (Å²) >= 11 is 3.05. The number of benzene rings is 1. The van der Waals surface area contributed by atoms with Crippen molar-refractivity contribution in [1.82, 2.24) is 15.5 Å². The lowest BCUT2D eigenvalue weighted by atomic mass is 10.1. The zero-order valence-electron chi connectivity index (χ0n) is 11.0. The van der Waals surface area contributed by atoms with Crippen LogP contribution in [-0.2, 0) is 4.79 Å². The molecule has 5 nitrogen and oxygen atoms in total. The summed E-state index contributed by atoms with van der Waals surface area (Å²) in [7, 11) is 1.53. The van der Waals surface area contributed by atoms with Crippen LogP contribution in [0.2, 0.25) is 0 Å². The lowest BCUT2D eigenvalue weighted by Gasteiger charge is -2.35. The van der Waals surface area contributed by atoms with Crippen molar-refractivity contribution in [3.8, 4) is 0 Å². The second kappa shape index (κ2) is 6.32. The molecule has 0 aromatic heterocycles. The van der Waals surface area contributed by atoms with E-state index in [0.29, 0.717) is 24.1 Å². The minimum absolute atomic E-state index is 0.233. The van der Waals surface area contributed by atoms with Crippen LogP contribution in [0.25, 0.3) is 0 Å². The van der Waals surface area contributed by atoms with Gasteiger partial charge < -0.3 is 15.5 Å². The highest BCUT2D eigenvalue weighted by Crippen LogP contribution is 2.18.